The molecule has 1 N–H and O–H groups in total. The molecule has 0 aliphatic carbocycles. The highest BCUT2D eigenvalue weighted by Crippen LogP contribution is 2.30. The summed E-state index contributed by atoms with van der Waals surface area (Å²) in [5.74, 6) is -0.307. The molecule has 0 radical (unpaired) electrons. The van der Waals surface area contributed by atoms with Gasteiger partial charge in [0.05, 0.1) is 12.3 Å². The Morgan fingerprint density at radius 2 is 1.86 bits per heavy atom. The van der Waals surface area contributed by atoms with Gasteiger partial charge in [-0.3, -0.25) is 0 Å². The number of nitrogens with zero attached hydrogens (tertiary/aromatic N) is 1. The number of benzene rings is 1. The number of aromatic nitrogens is 1. The molecular weight excluding hydrogens is 284 g/mol. The Balaban J connectivity index is 2.29. The predicted octanol–water partition coefficient (Wildman–Crippen LogP) is 4.30. The van der Waals surface area contributed by atoms with Crippen LogP contribution < -0.4 is 5.32 Å². The van der Waals surface area contributed by atoms with E-state index in [-0.39, 0.29) is 5.97 Å². The number of carbonyl (C=O) groups excluding carboxylic acids is 1. The smallest absolute Gasteiger partial charge is 0.350 e. The molecule has 21 heavy (non-hydrogen) atoms. The van der Waals surface area contributed by atoms with Gasteiger partial charge < -0.3 is 10.1 Å². The molecule has 0 saturated heterocycles. The standard InChI is InChI=1S/C16H20N2O2S/c1-6-20-15(19)14-12(5)17-16(21-14)18-13-10(3)7-9(2)8-11(13)4/h7-8H,6H2,1-5H3,(H,17,18). The van der Waals surface area contributed by atoms with Crippen molar-refractivity contribution in [2.75, 3.05) is 11.9 Å². The molecule has 2 rings (SSSR count). The Morgan fingerprint density at radius 3 is 2.43 bits per heavy atom. The van der Waals surface area contributed by atoms with Crippen LogP contribution in [0, 0.1) is 27.7 Å². The Hall–Kier alpha value is -1.88. The van der Waals surface area contributed by atoms with Crippen molar-refractivity contribution in [2.45, 2.75) is 34.6 Å². The number of rotatable bonds is 4. The maximum absolute atomic E-state index is 11.8. The molecule has 1 heterocycles. The lowest BCUT2D eigenvalue weighted by Crippen LogP contribution is -2.03. The summed E-state index contributed by atoms with van der Waals surface area (Å²) in [5, 5.41) is 4.04. The molecule has 1 aromatic heterocycles. The number of hydrogen-bond donors (Lipinski definition) is 1. The van der Waals surface area contributed by atoms with Gasteiger partial charge in [-0.25, -0.2) is 9.78 Å². The number of hydrogen-bond acceptors (Lipinski definition) is 5. The summed E-state index contributed by atoms with van der Waals surface area (Å²) >= 11 is 1.33. The van der Waals surface area contributed by atoms with Crippen molar-refractivity contribution in [1.29, 1.82) is 0 Å². The Bertz CT molecular complexity index is 654. The van der Waals surface area contributed by atoms with Crippen LogP contribution in [0.1, 0.15) is 39.0 Å². The molecule has 1 aromatic carbocycles. The zero-order chi connectivity index (χ0) is 15.6. The zero-order valence-electron chi connectivity index (χ0n) is 13.0. The van der Waals surface area contributed by atoms with E-state index in [9.17, 15) is 4.79 Å². The van der Waals surface area contributed by atoms with Crippen LogP contribution in [0.15, 0.2) is 12.1 Å². The minimum atomic E-state index is -0.307. The summed E-state index contributed by atoms with van der Waals surface area (Å²) in [5.41, 5.74) is 5.31. The SMILES string of the molecule is CCOC(=O)c1sc(Nc2c(C)cc(C)cc2C)nc1C. The summed E-state index contributed by atoms with van der Waals surface area (Å²) in [4.78, 5) is 16.8. The third-order valence-corrected chi connectivity index (χ3v) is 4.22. The van der Waals surface area contributed by atoms with Gasteiger partial charge in [-0.15, -0.1) is 0 Å². The van der Waals surface area contributed by atoms with Crippen LogP contribution in [0.3, 0.4) is 0 Å². The first-order valence-corrected chi connectivity index (χ1v) is 7.73. The van der Waals surface area contributed by atoms with Gasteiger partial charge in [0.15, 0.2) is 5.13 Å². The number of thiazole rings is 1. The molecule has 0 aliphatic rings. The van der Waals surface area contributed by atoms with Crippen molar-refractivity contribution >= 4 is 28.1 Å². The van der Waals surface area contributed by atoms with Gasteiger partial charge in [0.1, 0.15) is 4.88 Å². The van der Waals surface area contributed by atoms with Gasteiger partial charge in [0, 0.05) is 5.69 Å². The van der Waals surface area contributed by atoms with Crippen molar-refractivity contribution in [2.24, 2.45) is 0 Å². The zero-order valence-corrected chi connectivity index (χ0v) is 13.9. The van der Waals surface area contributed by atoms with Gasteiger partial charge in [-0.2, -0.15) is 0 Å². The van der Waals surface area contributed by atoms with Crippen molar-refractivity contribution in [3.8, 4) is 0 Å². The Kier molecular flexibility index (Phi) is 4.63. The van der Waals surface area contributed by atoms with Crippen LogP contribution in [0.25, 0.3) is 0 Å². The number of aryl methyl sites for hydroxylation is 4. The quantitative estimate of drug-likeness (QED) is 0.856. The average molecular weight is 304 g/mol. The molecular formula is C16H20N2O2S. The highest BCUT2D eigenvalue weighted by Gasteiger charge is 2.17. The van der Waals surface area contributed by atoms with Crippen molar-refractivity contribution in [1.82, 2.24) is 4.98 Å². The average Bonchev–Trinajstić information content (AvgIpc) is 2.75. The summed E-state index contributed by atoms with van der Waals surface area (Å²) in [6.45, 7) is 10.2. The van der Waals surface area contributed by atoms with Gasteiger partial charge in [0.2, 0.25) is 0 Å². The lowest BCUT2D eigenvalue weighted by atomic mass is 10.1. The topological polar surface area (TPSA) is 51.2 Å². The van der Waals surface area contributed by atoms with E-state index in [1.807, 2.05) is 6.92 Å². The molecule has 0 spiro atoms. The second-order valence-electron chi connectivity index (χ2n) is 5.05. The summed E-state index contributed by atoms with van der Waals surface area (Å²) < 4.78 is 5.04. The summed E-state index contributed by atoms with van der Waals surface area (Å²) in [6.07, 6.45) is 0. The molecule has 2 aromatic rings. The molecule has 0 atom stereocenters. The minimum Gasteiger partial charge on any atom is -0.462 e. The number of anilines is 2. The first-order chi connectivity index (χ1) is 9.92. The van der Waals surface area contributed by atoms with Crippen LogP contribution in [0.4, 0.5) is 10.8 Å². The fraction of sp³-hybridized carbons (Fsp3) is 0.375. The molecule has 0 unspecified atom stereocenters. The minimum absolute atomic E-state index is 0.307. The maximum atomic E-state index is 11.8. The Morgan fingerprint density at radius 1 is 1.24 bits per heavy atom. The number of ether oxygens (including phenoxy) is 1. The first kappa shape index (κ1) is 15.5. The molecule has 0 fully saturated rings. The fourth-order valence-electron chi connectivity index (χ4n) is 2.32. The van der Waals surface area contributed by atoms with E-state index >= 15 is 0 Å². The van der Waals surface area contributed by atoms with Crippen LogP contribution in [-0.2, 0) is 4.74 Å². The van der Waals surface area contributed by atoms with E-state index in [0.717, 1.165) is 16.8 Å². The number of carbonyl (C=O) groups is 1. The third-order valence-electron chi connectivity index (χ3n) is 3.17. The lowest BCUT2D eigenvalue weighted by molar-refractivity contribution is 0.0531. The molecule has 0 bridgehead atoms. The van der Waals surface area contributed by atoms with Crippen LogP contribution >= 0.6 is 11.3 Å². The van der Waals surface area contributed by atoms with E-state index in [0.29, 0.717) is 22.3 Å². The predicted molar refractivity (Wildman–Crippen MR) is 86.7 cm³/mol. The lowest BCUT2D eigenvalue weighted by Gasteiger charge is -2.11. The third kappa shape index (κ3) is 3.42. The summed E-state index contributed by atoms with van der Waals surface area (Å²) in [7, 11) is 0. The van der Waals surface area contributed by atoms with E-state index in [2.05, 4.69) is 43.2 Å². The van der Waals surface area contributed by atoms with Gasteiger partial charge in [-0.1, -0.05) is 29.0 Å². The molecule has 0 amide bonds. The second kappa shape index (κ2) is 6.26. The van der Waals surface area contributed by atoms with E-state index in [1.165, 1.54) is 16.9 Å². The van der Waals surface area contributed by atoms with Crippen LogP contribution in [0.2, 0.25) is 0 Å². The highest BCUT2D eigenvalue weighted by atomic mass is 32.1. The van der Waals surface area contributed by atoms with Gasteiger partial charge in [0.25, 0.3) is 0 Å². The fourth-order valence-corrected chi connectivity index (χ4v) is 3.18. The van der Waals surface area contributed by atoms with Crippen molar-refractivity contribution in [3.05, 3.63) is 39.4 Å². The molecule has 4 nitrogen and oxygen atoms in total. The largest absolute Gasteiger partial charge is 0.462 e. The molecule has 5 heteroatoms. The van der Waals surface area contributed by atoms with E-state index in [4.69, 9.17) is 4.74 Å². The van der Waals surface area contributed by atoms with Gasteiger partial charge in [-0.05, 0) is 45.7 Å². The molecule has 0 saturated carbocycles. The van der Waals surface area contributed by atoms with Crippen LogP contribution in [-0.4, -0.2) is 17.6 Å². The molecule has 0 aliphatic heterocycles. The normalized spacial score (nSPS) is 10.5. The second-order valence-corrected chi connectivity index (χ2v) is 6.05. The van der Waals surface area contributed by atoms with Gasteiger partial charge >= 0.3 is 5.97 Å². The van der Waals surface area contributed by atoms with Crippen molar-refractivity contribution in [3.63, 3.8) is 0 Å². The molecule has 112 valence electrons. The summed E-state index contributed by atoms with van der Waals surface area (Å²) in [6, 6.07) is 4.25. The highest BCUT2D eigenvalue weighted by molar-refractivity contribution is 7.17. The number of esters is 1. The van der Waals surface area contributed by atoms with E-state index < -0.39 is 0 Å². The monoisotopic (exact) mass is 304 g/mol. The first-order valence-electron chi connectivity index (χ1n) is 6.91. The van der Waals surface area contributed by atoms with Crippen LogP contribution in [0.5, 0.6) is 0 Å². The number of nitrogens with one attached hydrogen (secondary N) is 1. The Labute approximate surface area is 129 Å². The maximum Gasteiger partial charge on any atom is 0.350 e. The van der Waals surface area contributed by atoms with Crippen molar-refractivity contribution < 1.29 is 9.53 Å². The van der Waals surface area contributed by atoms with E-state index in [1.54, 1.807) is 6.92 Å².